The van der Waals surface area contributed by atoms with Crippen molar-refractivity contribution in [2.24, 2.45) is 17.8 Å². The van der Waals surface area contributed by atoms with Crippen molar-refractivity contribution in [3.8, 4) is 0 Å². The van der Waals surface area contributed by atoms with Crippen LogP contribution in [0.15, 0.2) is 0 Å². The molecule has 0 unspecified atom stereocenters. The smallest absolute Gasteiger partial charge is 0.309 e. The summed E-state index contributed by atoms with van der Waals surface area (Å²) in [5.41, 5.74) is 0. The largest absolute Gasteiger partial charge is 0.481 e. The number of hydrogen-bond donors (Lipinski definition) is 1. The monoisotopic (exact) mass is 158 g/mol. The van der Waals surface area contributed by atoms with Gasteiger partial charge in [0.05, 0.1) is 18.9 Å². The molecule has 4 nitrogen and oxygen atoms in total. The lowest BCUT2D eigenvalue weighted by molar-refractivity contribution is -0.146. The second kappa shape index (κ2) is 2.53. The molecule has 1 aliphatic rings. The Morgan fingerprint density at radius 3 is 2.18 bits per heavy atom. The molecule has 0 amide bonds. The van der Waals surface area contributed by atoms with Crippen LogP contribution in [0.25, 0.3) is 0 Å². The molecule has 0 saturated heterocycles. The molecule has 1 fully saturated rings. The Morgan fingerprint density at radius 1 is 1.36 bits per heavy atom. The van der Waals surface area contributed by atoms with E-state index >= 15 is 0 Å². The Hall–Kier alpha value is -1.06. The number of carboxylic acid groups (broad SMARTS) is 1. The van der Waals surface area contributed by atoms with E-state index in [1.807, 2.05) is 0 Å². The zero-order valence-corrected chi connectivity index (χ0v) is 6.40. The van der Waals surface area contributed by atoms with E-state index in [9.17, 15) is 9.59 Å². The summed E-state index contributed by atoms with van der Waals surface area (Å²) in [6.45, 7) is 1.74. The van der Waals surface area contributed by atoms with Crippen molar-refractivity contribution in [1.29, 1.82) is 0 Å². The van der Waals surface area contributed by atoms with E-state index in [0.29, 0.717) is 0 Å². The fourth-order valence-electron chi connectivity index (χ4n) is 1.34. The molecular weight excluding hydrogens is 148 g/mol. The summed E-state index contributed by atoms with van der Waals surface area (Å²) in [7, 11) is 1.27. The van der Waals surface area contributed by atoms with Crippen molar-refractivity contribution in [1.82, 2.24) is 0 Å². The lowest BCUT2D eigenvalue weighted by atomic mass is 10.3. The molecule has 4 heteroatoms. The van der Waals surface area contributed by atoms with Gasteiger partial charge in [-0.1, -0.05) is 6.92 Å². The topological polar surface area (TPSA) is 63.6 Å². The van der Waals surface area contributed by atoms with E-state index in [1.165, 1.54) is 7.11 Å². The summed E-state index contributed by atoms with van der Waals surface area (Å²) in [6, 6.07) is 0. The standard InChI is InChI=1S/C7H10O4/c1-3-4(6(8)9)5(3)7(10)11-2/h3-5H,1-2H3,(H,8,9)/t3-,4+,5-/m1/s1. The SMILES string of the molecule is COC(=O)[C@@H]1[C@H](C)[C@@H]1C(=O)O. The van der Waals surface area contributed by atoms with E-state index < -0.39 is 23.8 Å². The van der Waals surface area contributed by atoms with Gasteiger partial charge in [-0.3, -0.25) is 9.59 Å². The van der Waals surface area contributed by atoms with Gasteiger partial charge in [-0.2, -0.15) is 0 Å². The van der Waals surface area contributed by atoms with Gasteiger partial charge in [-0.05, 0) is 5.92 Å². The van der Waals surface area contributed by atoms with E-state index in [2.05, 4.69) is 4.74 Å². The first kappa shape index (κ1) is 8.04. The number of aliphatic carboxylic acids is 1. The minimum absolute atomic E-state index is 0.0695. The molecule has 0 bridgehead atoms. The van der Waals surface area contributed by atoms with Crippen molar-refractivity contribution in [3.05, 3.63) is 0 Å². The van der Waals surface area contributed by atoms with Crippen LogP contribution in [0.4, 0.5) is 0 Å². The highest BCUT2D eigenvalue weighted by Crippen LogP contribution is 2.46. The molecule has 0 aliphatic heterocycles. The first-order valence-electron chi connectivity index (χ1n) is 3.40. The van der Waals surface area contributed by atoms with Crippen LogP contribution in [0.5, 0.6) is 0 Å². The van der Waals surface area contributed by atoms with E-state index in [4.69, 9.17) is 5.11 Å². The molecule has 0 aromatic heterocycles. The van der Waals surface area contributed by atoms with Crippen LogP contribution in [-0.4, -0.2) is 24.2 Å². The van der Waals surface area contributed by atoms with Crippen molar-refractivity contribution in [2.45, 2.75) is 6.92 Å². The number of esters is 1. The fourth-order valence-corrected chi connectivity index (χ4v) is 1.34. The number of carbonyl (C=O) groups excluding carboxylic acids is 1. The zero-order chi connectivity index (χ0) is 8.59. The van der Waals surface area contributed by atoms with E-state index in [-0.39, 0.29) is 5.92 Å². The Morgan fingerprint density at radius 2 is 1.91 bits per heavy atom. The average molecular weight is 158 g/mol. The summed E-state index contributed by atoms with van der Waals surface area (Å²) < 4.78 is 4.42. The number of carboxylic acids is 1. The fraction of sp³-hybridized carbons (Fsp3) is 0.714. The maximum Gasteiger partial charge on any atom is 0.309 e. The number of hydrogen-bond acceptors (Lipinski definition) is 3. The molecule has 0 radical (unpaired) electrons. The zero-order valence-electron chi connectivity index (χ0n) is 6.40. The molecule has 0 aromatic rings. The van der Waals surface area contributed by atoms with Gasteiger partial charge in [-0.25, -0.2) is 0 Å². The quantitative estimate of drug-likeness (QED) is 0.580. The van der Waals surface area contributed by atoms with Gasteiger partial charge in [0.2, 0.25) is 0 Å². The summed E-state index contributed by atoms with van der Waals surface area (Å²) in [6.07, 6.45) is 0. The second-order valence-corrected chi connectivity index (χ2v) is 2.77. The lowest BCUT2D eigenvalue weighted by Crippen LogP contribution is -2.08. The van der Waals surface area contributed by atoms with Crippen molar-refractivity contribution >= 4 is 11.9 Å². The lowest BCUT2D eigenvalue weighted by Gasteiger charge is -1.93. The minimum atomic E-state index is -0.909. The molecule has 1 rings (SSSR count). The van der Waals surface area contributed by atoms with Gasteiger partial charge < -0.3 is 9.84 Å². The van der Waals surface area contributed by atoms with Crippen molar-refractivity contribution < 1.29 is 19.4 Å². The molecule has 1 N–H and O–H groups in total. The average Bonchev–Trinajstić information content (AvgIpc) is 2.60. The van der Waals surface area contributed by atoms with Gasteiger partial charge >= 0.3 is 11.9 Å². The first-order valence-corrected chi connectivity index (χ1v) is 3.40. The van der Waals surface area contributed by atoms with Crippen molar-refractivity contribution in [2.75, 3.05) is 7.11 Å². The van der Waals surface area contributed by atoms with Gasteiger partial charge in [0.15, 0.2) is 0 Å². The maximum absolute atomic E-state index is 10.8. The van der Waals surface area contributed by atoms with E-state index in [1.54, 1.807) is 6.92 Å². The summed E-state index contributed by atoms with van der Waals surface area (Å²) in [5, 5.41) is 8.53. The molecule has 1 saturated carbocycles. The van der Waals surface area contributed by atoms with Crippen molar-refractivity contribution in [3.63, 3.8) is 0 Å². The van der Waals surface area contributed by atoms with Gasteiger partial charge in [0.1, 0.15) is 0 Å². The molecule has 11 heavy (non-hydrogen) atoms. The highest BCUT2D eigenvalue weighted by molar-refractivity contribution is 5.87. The predicted octanol–water partition coefficient (Wildman–Crippen LogP) is 0.126. The molecule has 0 aromatic carbocycles. The Labute approximate surface area is 64.2 Å². The van der Waals surface area contributed by atoms with Crippen LogP contribution in [0, 0.1) is 17.8 Å². The summed E-state index contributed by atoms with van der Waals surface area (Å²) in [5.74, 6) is -2.34. The third-order valence-corrected chi connectivity index (χ3v) is 2.14. The van der Waals surface area contributed by atoms with Crippen LogP contribution < -0.4 is 0 Å². The number of rotatable bonds is 2. The highest BCUT2D eigenvalue weighted by atomic mass is 16.5. The van der Waals surface area contributed by atoms with E-state index in [0.717, 1.165) is 0 Å². The third-order valence-electron chi connectivity index (χ3n) is 2.14. The van der Waals surface area contributed by atoms with Gasteiger partial charge in [0, 0.05) is 0 Å². The van der Waals surface area contributed by atoms with Crippen LogP contribution in [-0.2, 0) is 14.3 Å². The molecular formula is C7H10O4. The molecule has 3 atom stereocenters. The molecule has 0 heterocycles. The van der Waals surface area contributed by atoms with Gasteiger partial charge in [0.25, 0.3) is 0 Å². The van der Waals surface area contributed by atoms with Crippen LogP contribution in [0.1, 0.15) is 6.92 Å². The number of ether oxygens (including phenoxy) is 1. The molecule has 0 spiro atoms. The summed E-state index contributed by atoms with van der Waals surface area (Å²) >= 11 is 0. The van der Waals surface area contributed by atoms with Crippen LogP contribution in [0.3, 0.4) is 0 Å². The number of carbonyl (C=O) groups is 2. The number of methoxy groups -OCH3 is 1. The minimum Gasteiger partial charge on any atom is -0.481 e. The Kier molecular flexibility index (Phi) is 1.85. The first-order chi connectivity index (χ1) is 5.09. The highest BCUT2D eigenvalue weighted by Gasteiger charge is 2.57. The van der Waals surface area contributed by atoms with Gasteiger partial charge in [-0.15, -0.1) is 0 Å². The van der Waals surface area contributed by atoms with Crippen LogP contribution in [0.2, 0.25) is 0 Å². The predicted molar refractivity (Wildman–Crippen MR) is 35.8 cm³/mol. The summed E-state index contributed by atoms with van der Waals surface area (Å²) in [4.78, 5) is 21.2. The maximum atomic E-state index is 10.8. The molecule has 1 aliphatic carbocycles. The normalized spacial score (nSPS) is 34.5. The van der Waals surface area contributed by atoms with Crippen LogP contribution >= 0.6 is 0 Å². The second-order valence-electron chi connectivity index (χ2n) is 2.77. The third kappa shape index (κ3) is 1.20. The Balaban J connectivity index is 2.54. The Bertz CT molecular complexity index is 199. The molecule has 62 valence electrons.